The minimum absolute atomic E-state index is 0.0120. The Hall–Kier alpha value is -1.79. The normalized spacial score (nSPS) is 12.5. The molecular weight excluding hydrogens is 252 g/mol. The molecule has 0 spiro atoms. The van der Waals surface area contributed by atoms with Crippen molar-refractivity contribution in [1.29, 1.82) is 0 Å². The highest BCUT2D eigenvalue weighted by Crippen LogP contribution is 2.13. The number of nitrogens with one attached hydrogen (secondary N) is 1. The van der Waals surface area contributed by atoms with Gasteiger partial charge in [-0.25, -0.2) is 4.79 Å². The van der Waals surface area contributed by atoms with Crippen molar-refractivity contribution in [2.24, 2.45) is 11.3 Å². The third-order valence-electron chi connectivity index (χ3n) is 2.76. The van der Waals surface area contributed by atoms with Crippen molar-refractivity contribution in [1.82, 2.24) is 10.2 Å². The summed E-state index contributed by atoms with van der Waals surface area (Å²) in [6, 6.07) is -0.426. The van der Waals surface area contributed by atoms with Gasteiger partial charge in [0.15, 0.2) is 0 Å². The Labute approximate surface area is 112 Å². The van der Waals surface area contributed by atoms with Crippen LogP contribution in [-0.4, -0.2) is 55.2 Å². The van der Waals surface area contributed by atoms with Crippen molar-refractivity contribution < 1.29 is 24.2 Å². The second-order valence-electron chi connectivity index (χ2n) is 5.15. The third-order valence-corrected chi connectivity index (χ3v) is 2.76. The van der Waals surface area contributed by atoms with Gasteiger partial charge >= 0.3 is 18.0 Å². The summed E-state index contributed by atoms with van der Waals surface area (Å²) < 4.78 is 4.56. The number of ether oxygens (including phenoxy) is 1. The summed E-state index contributed by atoms with van der Waals surface area (Å²) in [5.41, 5.74) is -1.04. The molecule has 110 valence electrons. The molecule has 1 atom stereocenters. The first-order valence-corrected chi connectivity index (χ1v) is 5.92. The Morgan fingerprint density at radius 1 is 1.37 bits per heavy atom. The highest BCUT2D eigenvalue weighted by molar-refractivity contribution is 5.78. The molecule has 7 nitrogen and oxygen atoms in total. The molecule has 0 aliphatic heterocycles. The van der Waals surface area contributed by atoms with Crippen molar-refractivity contribution in [3.63, 3.8) is 0 Å². The number of carbonyl (C=O) groups is 3. The number of esters is 1. The number of carbonyl (C=O) groups excluding carboxylic acids is 2. The number of amides is 2. The van der Waals surface area contributed by atoms with Crippen molar-refractivity contribution >= 4 is 18.0 Å². The van der Waals surface area contributed by atoms with Crippen LogP contribution in [0.25, 0.3) is 0 Å². The summed E-state index contributed by atoms with van der Waals surface area (Å²) in [6.45, 7) is 4.90. The van der Waals surface area contributed by atoms with Gasteiger partial charge in [-0.1, -0.05) is 6.92 Å². The Morgan fingerprint density at radius 2 is 1.89 bits per heavy atom. The van der Waals surface area contributed by atoms with E-state index in [0.717, 1.165) is 0 Å². The number of aliphatic carboxylic acids is 1. The van der Waals surface area contributed by atoms with Gasteiger partial charge in [0.25, 0.3) is 0 Å². The van der Waals surface area contributed by atoms with E-state index in [0.29, 0.717) is 0 Å². The maximum Gasteiger partial charge on any atom is 0.317 e. The van der Waals surface area contributed by atoms with Crippen LogP contribution in [0.15, 0.2) is 0 Å². The van der Waals surface area contributed by atoms with Gasteiger partial charge < -0.3 is 20.1 Å². The zero-order valence-corrected chi connectivity index (χ0v) is 12.0. The fourth-order valence-corrected chi connectivity index (χ4v) is 1.28. The Morgan fingerprint density at radius 3 is 2.32 bits per heavy atom. The molecule has 2 N–H and O–H groups in total. The zero-order chi connectivity index (χ0) is 15.2. The van der Waals surface area contributed by atoms with Crippen LogP contribution in [0.1, 0.15) is 20.8 Å². The first-order chi connectivity index (χ1) is 8.61. The topological polar surface area (TPSA) is 95.9 Å². The maximum absolute atomic E-state index is 11.7. The average Bonchev–Trinajstić information content (AvgIpc) is 2.34. The summed E-state index contributed by atoms with van der Waals surface area (Å²) in [7, 11) is 2.82. The molecule has 0 bridgehead atoms. The van der Waals surface area contributed by atoms with E-state index in [1.165, 1.54) is 32.9 Å². The maximum atomic E-state index is 11.7. The lowest BCUT2D eigenvalue weighted by Gasteiger charge is -2.24. The number of nitrogens with zero attached hydrogens (tertiary/aromatic N) is 1. The monoisotopic (exact) mass is 274 g/mol. The molecular formula is C12H22N2O5. The molecule has 0 fully saturated rings. The minimum Gasteiger partial charge on any atom is -0.481 e. The van der Waals surface area contributed by atoms with Gasteiger partial charge in [-0.3, -0.25) is 9.59 Å². The van der Waals surface area contributed by atoms with E-state index in [4.69, 9.17) is 5.11 Å². The average molecular weight is 274 g/mol. The summed E-state index contributed by atoms with van der Waals surface area (Å²) in [5.74, 6) is -1.82. The quantitative estimate of drug-likeness (QED) is 0.689. The fourth-order valence-electron chi connectivity index (χ4n) is 1.28. The lowest BCUT2D eigenvalue weighted by molar-refractivity contribution is -0.146. The lowest BCUT2D eigenvalue weighted by atomic mass is 9.94. The number of urea groups is 1. The van der Waals surface area contributed by atoms with E-state index in [1.807, 2.05) is 0 Å². The second kappa shape index (κ2) is 6.96. The van der Waals surface area contributed by atoms with Crippen LogP contribution in [0.3, 0.4) is 0 Å². The lowest BCUT2D eigenvalue weighted by Crippen LogP contribution is -2.45. The summed E-state index contributed by atoms with van der Waals surface area (Å²) in [4.78, 5) is 35.1. The van der Waals surface area contributed by atoms with E-state index < -0.39 is 29.3 Å². The minimum atomic E-state index is -1.04. The molecule has 0 rings (SSSR count). The summed E-state index contributed by atoms with van der Waals surface area (Å²) in [5, 5.41) is 11.4. The molecule has 0 saturated carbocycles. The number of carboxylic acids is 1. The van der Waals surface area contributed by atoms with Crippen molar-refractivity contribution in [2.75, 3.05) is 27.2 Å². The SMILES string of the molecule is COC(=O)C(C)CN(C)C(=O)NCC(C)(C)C(=O)O. The van der Waals surface area contributed by atoms with Gasteiger partial charge in [-0.2, -0.15) is 0 Å². The van der Waals surface area contributed by atoms with Crippen LogP contribution in [-0.2, 0) is 14.3 Å². The molecule has 0 aromatic rings. The van der Waals surface area contributed by atoms with Crippen molar-refractivity contribution in [3.8, 4) is 0 Å². The Kier molecular flexibility index (Phi) is 6.31. The van der Waals surface area contributed by atoms with Crippen LogP contribution in [0, 0.1) is 11.3 Å². The van der Waals surface area contributed by atoms with Gasteiger partial charge in [0.1, 0.15) is 0 Å². The molecule has 0 aromatic heterocycles. The Balaban J connectivity index is 4.29. The van der Waals surface area contributed by atoms with E-state index in [2.05, 4.69) is 10.1 Å². The molecule has 2 amide bonds. The van der Waals surface area contributed by atoms with Crippen LogP contribution < -0.4 is 5.32 Å². The van der Waals surface area contributed by atoms with Gasteiger partial charge in [0.05, 0.1) is 18.4 Å². The van der Waals surface area contributed by atoms with Crippen molar-refractivity contribution in [2.45, 2.75) is 20.8 Å². The van der Waals surface area contributed by atoms with Gasteiger partial charge in [-0.05, 0) is 13.8 Å². The highest BCUT2D eigenvalue weighted by atomic mass is 16.5. The standard InChI is InChI=1S/C12H22N2O5/c1-8(9(15)19-5)6-14(4)11(18)13-7-12(2,3)10(16)17/h8H,6-7H2,1-5H3,(H,13,18)(H,16,17). The molecule has 7 heteroatoms. The molecule has 0 heterocycles. The van der Waals surface area contributed by atoms with Gasteiger partial charge in [0.2, 0.25) is 0 Å². The van der Waals surface area contributed by atoms with E-state index in [1.54, 1.807) is 6.92 Å². The largest absolute Gasteiger partial charge is 0.481 e. The van der Waals surface area contributed by atoms with Crippen LogP contribution in [0.4, 0.5) is 4.79 Å². The van der Waals surface area contributed by atoms with Gasteiger partial charge in [-0.15, -0.1) is 0 Å². The number of carboxylic acid groups (broad SMARTS) is 1. The number of rotatable bonds is 6. The van der Waals surface area contributed by atoms with E-state index in [-0.39, 0.29) is 13.1 Å². The van der Waals surface area contributed by atoms with Crippen LogP contribution in [0.5, 0.6) is 0 Å². The van der Waals surface area contributed by atoms with Gasteiger partial charge in [0, 0.05) is 20.1 Å². The van der Waals surface area contributed by atoms with Crippen LogP contribution >= 0.6 is 0 Å². The first-order valence-electron chi connectivity index (χ1n) is 5.92. The third kappa shape index (κ3) is 5.58. The van der Waals surface area contributed by atoms with E-state index >= 15 is 0 Å². The van der Waals surface area contributed by atoms with Crippen LogP contribution in [0.2, 0.25) is 0 Å². The highest BCUT2D eigenvalue weighted by Gasteiger charge is 2.28. The Bertz CT molecular complexity index is 354. The van der Waals surface area contributed by atoms with Crippen molar-refractivity contribution in [3.05, 3.63) is 0 Å². The molecule has 1 unspecified atom stereocenters. The predicted molar refractivity (Wildman–Crippen MR) is 68.6 cm³/mol. The molecule has 0 aromatic carbocycles. The molecule has 0 aliphatic rings. The number of methoxy groups -OCH3 is 1. The first kappa shape index (κ1) is 17.2. The molecule has 19 heavy (non-hydrogen) atoms. The number of hydrogen-bond donors (Lipinski definition) is 2. The number of hydrogen-bond acceptors (Lipinski definition) is 4. The molecule has 0 saturated heterocycles. The summed E-state index contributed by atoms with van der Waals surface area (Å²) in [6.07, 6.45) is 0. The zero-order valence-electron chi connectivity index (χ0n) is 12.0. The summed E-state index contributed by atoms with van der Waals surface area (Å²) >= 11 is 0. The smallest absolute Gasteiger partial charge is 0.317 e. The molecule has 0 radical (unpaired) electrons. The van der Waals surface area contributed by atoms with E-state index in [9.17, 15) is 14.4 Å². The second-order valence-corrected chi connectivity index (χ2v) is 5.15. The fraction of sp³-hybridized carbons (Fsp3) is 0.750. The predicted octanol–water partition coefficient (Wildman–Crippen LogP) is 0.548. The molecule has 0 aliphatic carbocycles.